The molecule has 0 spiro atoms. The van der Waals surface area contributed by atoms with E-state index in [4.69, 9.17) is 0 Å². The molecule has 1 N–H and O–H groups in total. The Morgan fingerprint density at radius 3 is 2.08 bits per heavy atom. The number of pyridine rings is 1. The zero-order chi connectivity index (χ0) is 36.9. The van der Waals surface area contributed by atoms with E-state index in [1.54, 1.807) is 17.7 Å². The summed E-state index contributed by atoms with van der Waals surface area (Å²) in [5, 5.41) is 13.7. The van der Waals surface area contributed by atoms with Gasteiger partial charge in [-0.3, -0.25) is 9.78 Å². The largest absolute Gasteiger partial charge is 0.512 e. The summed E-state index contributed by atoms with van der Waals surface area (Å²) in [7, 11) is 0. The second-order valence-electron chi connectivity index (χ2n) is 15.5. The van der Waals surface area contributed by atoms with Crippen molar-refractivity contribution < 1.29 is 30.0 Å². The molecule has 0 saturated carbocycles. The molecule has 275 valence electrons. The van der Waals surface area contributed by atoms with Gasteiger partial charge in [-0.05, 0) is 61.6 Å². The molecule has 0 aliphatic carbocycles. The summed E-state index contributed by atoms with van der Waals surface area (Å²) in [5.41, 5.74) is 4.62. The fourth-order valence-corrected chi connectivity index (χ4v) is 7.27. The molecule has 5 nitrogen and oxygen atoms in total. The van der Waals surface area contributed by atoms with Gasteiger partial charge in [0.05, 0.1) is 5.69 Å². The summed E-state index contributed by atoms with van der Waals surface area (Å²) in [6.45, 7) is 23.3. The Hall–Kier alpha value is -3.25. The van der Waals surface area contributed by atoms with E-state index in [0.29, 0.717) is 5.92 Å². The van der Waals surface area contributed by atoms with Crippen molar-refractivity contribution >= 4 is 38.1 Å². The molecule has 0 bridgehead atoms. The first-order valence-corrected chi connectivity index (χ1v) is 19.0. The maximum Gasteiger partial charge on any atom is 0.164 e. The second-order valence-corrected chi connectivity index (χ2v) is 16.6. The average molecular weight is 883 g/mol. The number of rotatable bonds is 11. The van der Waals surface area contributed by atoms with Gasteiger partial charge >= 0.3 is 0 Å². The van der Waals surface area contributed by atoms with Crippen LogP contribution in [0.5, 0.6) is 0 Å². The number of aliphatic hydroxyl groups is 1. The van der Waals surface area contributed by atoms with Gasteiger partial charge in [0, 0.05) is 64.7 Å². The zero-order valence-corrected chi connectivity index (χ0v) is 35.6. The van der Waals surface area contributed by atoms with Gasteiger partial charge in [-0.25, -0.2) is 9.97 Å². The molecule has 5 aromatic rings. The standard InChI is InChI=1S/C29H28N3S.C15H28O2.Ir/c1-18(2)12-21-15-24-23(10-11-30-28(24)33-21)27-16-26(31-17-32-27)20-13-19-8-6-7-9-22(19)25(14-20)29(3,4)5;1-7-14(5,8-2)12(16)11-13(17)15(6,9-3)10-4;/h6-11,14-18H,12H2,1-5H3;11,16H,7-10H2,1-6H3;/q-1;;/b;12-11-;. The third-order valence-corrected chi connectivity index (χ3v) is 11.6. The van der Waals surface area contributed by atoms with E-state index in [2.05, 4.69) is 104 Å². The van der Waals surface area contributed by atoms with E-state index in [-0.39, 0.29) is 47.9 Å². The van der Waals surface area contributed by atoms with Gasteiger partial charge in [-0.2, -0.15) is 0 Å². The van der Waals surface area contributed by atoms with Crippen LogP contribution >= 0.6 is 11.3 Å². The number of fused-ring (bicyclic) bond motifs is 2. The van der Waals surface area contributed by atoms with Crippen LogP contribution in [0.1, 0.15) is 112 Å². The van der Waals surface area contributed by atoms with Crippen LogP contribution in [0.15, 0.2) is 72.9 Å². The Labute approximate surface area is 323 Å². The van der Waals surface area contributed by atoms with E-state index < -0.39 is 0 Å². The minimum absolute atomic E-state index is 0. The van der Waals surface area contributed by atoms with Gasteiger partial charge < -0.3 is 5.11 Å². The third kappa shape index (κ3) is 9.80. The second kappa shape index (κ2) is 17.5. The summed E-state index contributed by atoms with van der Waals surface area (Å²) in [6, 6.07) is 20.7. The Morgan fingerprint density at radius 1 is 0.843 bits per heavy atom. The van der Waals surface area contributed by atoms with Crippen LogP contribution in [0, 0.1) is 22.8 Å². The molecule has 5 rings (SSSR count). The molecule has 7 heteroatoms. The number of carbonyl (C=O) groups is 1. The number of aliphatic hydroxyl groups excluding tert-OH is 1. The molecule has 0 amide bonds. The van der Waals surface area contributed by atoms with Gasteiger partial charge in [0.1, 0.15) is 16.9 Å². The molecule has 2 aromatic carbocycles. The van der Waals surface area contributed by atoms with Crippen molar-refractivity contribution in [3.63, 3.8) is 0 Å². The fourth-order valence-electron chi connectivity index (χ4n) is 6.04. The van der Waals surface area contributed by atoms with Crippen molar-refractivity contribution in [1.82, 2.24) is 15.0 Å². The molecule has 1 radical (unpaired) electrons. The molecular formula is C44H56IrN3O2S-. The number of allylic oxidation sites excluding steroid dienone is 2. The smallest absolute Gasteiger partial charge is 0.164 e. The van der Waals surface area contributed by atoms with Crippen LogP contribution in [-0.4, -0.2) is 25.8 Å². The van der Waals surface area contributed by atoms with Crippen molar-refractivity contribution in [3.05, 3.63) is 89.4 Å². The van der Waals surface area contributed by atoms with E-state index in [0.717, 1.165) is 64.8 Å². The number of benzene rings is 2. The van der Waals surface area contributed by atoms with Crippen LogP contribution in [0.4, 0.5) is 0 Å². The summed E-state index contributed by atoms with van der Waals surface area (Å²) in [6.07, 6.45) is 9.37. The summed E-state index contributed by atoms with van der Waals surface area (Å²) in [4.78, 5) is 28.5. The summed E-state index contributed by atoms with van der Waals surface area (Å²) >= 11 is 1.78. The van der Waals surface area contributed by atoms with E-state index in [9.17, 15) is 9.90 Å². The number of nitrogens with zero attached hydrogens (tertiary/aromatic N) is 3. The number of hydrogen-bond donors (Lipinski definition) is 1. The van der Waals surface area contributed by atoms with Gasteiger partial charge in [-0.1, -0.05) is 105 Å². The Morgan fingerprint density at radius 2 is 1.47 bits per heavy atom. The third-order valence-electron chi connectivity index (χ3n) is 10.5. The molecule has 0 fully saturated rings. The molecule has 3 aromatic heterocycles. The molecule has 0 aliphatic rings. The van der Waals surface area contributed by atoms with Crippen molar-refractivity contribution in [2.75, 3.05) is 0 Å². The summed E-state index contributed by atoms with van der Waals surface area (Å²) < 4.78 is 0. The van der Waals surface area contributed by atoms with E-state index >= 15 is 0 Å². The number of ketones is 1. The SMILES string of the molecule is CC(C)Cc1cc2c(-c3cc(-c4[c-]c5ccccc5c(C(C)(C)C)c4)ncn3)ccnc2s1.CCC(C)(CC)C(=O)/C=C(\O)C(C)(CC)CC.[Ir]. The van der Waals surface area contributed by atoms with Gasteiger partial charge in [0.15, 0.2) is 5.78 Å². The Bertz CT molecular complexity index is 1960. The van der Waals surface area contributed by atoms with Gasteiger partial charge in [0.25, 0.3) is 0 Å². The van der Waals surface area contributed by atoms with Crippen LogP contribution in [-0.2, 0) is 36.7 Å². The van der Waals surface area contributed by atoms with Crippen molar-refractivity contribution in [2.45, 2.75) is 114 Å². The maximum absolute atomic E-state index is 12.2. The molecule has 0 aliphatic heterocycles. The minimum Gasteiger partial charge on any atom is -0.512 e. The van der Waals surface area contributed by atoms with Gasteiger partial charge in [0.2, 0.25) is 0 Å². The Kier molecular flexibility index (Phi) is 14.5. The zero-order valence-electron chi connectivity index (χ0n) is 32.4. The molecule has 0 atom stereocenters. The Balaban J connectivity index is 0.000000335. The van der Waals surface area contributed by atoms with E-state index in [1.807, 2.05) is 47.7 Å². The molecular weight excluding hydrogens is 827 g/mol. The number of hydrogen-bond acceptors (Lipinski definition) is 6. The topological polar surface area (TPSA) is 76.0 Å². The van der Waals surface area contributed by atoms with Crippen LogP contribution in [0.2, 0.25) is 0 Å². The molecule has 3 heterocycles. The quantitative estimate of drug-likeness (QED) is 0.0812. The number of carbonyl (C=O) groups excluding carboxylic acids is 1. The number of thiophene rings is 1. The van der Waals surface area contributed by atoms with E-state index in [1.165, 1.54) is 27.3 Å². The fraction of sp³-hybridized carbons (Fsp3) is 0.455. The van der Waals surface area contributed by atoms with Crippen molar-refractivity contribution in [1.29, 1.82) is 0 Å². The predicted octanol–water partition coefficient (Wildman–Crippen LogP) is 12.5. The van der Waals surface area contributed by atoms with Gasteiger partial charge in [-0.15, -0.1) is 40.5 Å². The van der Waals surface area contributed by atoms with Crippen molar-refractivity contribution in [3.8, 4) is 22.5 Å². The van der Waals surface area contributed by atoms with Crippen molar-refractivity contribution in [2.24, 2.45) is 16.7 Å². The first-order chi connectivity index (χ1) is 23.6. The minimum atomic E-state index is -0.337. The maximum atomic E-state index is 12.2. The average Bonchev–Trinajstić information content (AvgIpc) is 3.52. The normalized spacial score (nSPS) is 12.5. The van der Waals surface area contributed by atoms with Crippen LogP contribution in [0.25, 0.3) is 43.5 Å². The first kappa shape index (κ1) is 42.2. The summed E-state index contributed by atoms with van der Waals surface area (Å²) in [5.74, 6) is 0.904. The predicted molar refractivity (Wildman–Crippen MR) is 213 cm³/mol. The monoisotopic (exact) mass is 883 g/mol. The molecule has 0 unspecified atom stereocenters. The molecule has 51 heavy (non-hydrogen) atoms. The number of aromatic nitrogens is 3. The first-order valence-electron chi connectivity index (χ1n) is 18.2. The van der Waals surface area contributed by atoms with Crippen LogP contribution < -0.4 is 0 Å². The molecule has 0 saturated heterocycles. The van der Waals surface area contributed by atoms with Crippen LogP contribution in [0.3, 0.4) is 0 Å².